The maximum Gasteiger partial charge on any atom is 0.255 e. The van der Waals surface area contributed by atoms with Crippen LogP contribution in [0.1, 0.15) is 17.5 Å². The molecule has 0 saturated carbocycles. The van der Waals surface area contributed by atoms with Gasteiger partial charge in [0.25, 0.3) is 5.56 Å². The van der Waals surface area contributed by atoms with E-state index in [0.29, 0.717) is 29.9 Å². The molecule has 1 aromatic carbocycles. The molecule has 0 aliphatic heterocycles. The highest BCUT2D eigenvalue weighted by atomic mass is 16.5. The van der Waals surface area contributed by atoms with Gasteiger partial charge >= 0.3 is 0 Å². The molecule has 1 heterocycles. The molecule has 0 bridgehead atoms. The zero-order valence-corrected chi connectivity index (χ0v) is 14.2. The van der Waals surface area contributed by atoms with Crippen LogP contribution in [-0.4, -0.2) is 24.7 Å². The Labute approximate surface area is 141 Å². The number of nitrogens with one attached hydrogen (secondary N) is 1. The third-order valence-electron chi connectivity index (χ3n) is 3.77. The highest BCUT2D eigenvalue weighted by Gasteiger charge is 2.08. The Morgan fingerprint density at radius 3 is 2.62 bits per heavy atom. The highest BCUT2D eigenvalue weighted by molar-refractivity contribution is 5.76. The number of hydrogen-bond acceptors (Lipinski definition) is 4. The van der Waals surface area contributed by atoms with Crippen molar-refractivity contribution in [1.29, 1.82) is 0 Å². The summed E-state index contributed by atoms with van der Waals surface area (Å²) in [5, 5.41) is 2.78. The third-order valence-corrected chi connectivity index (χ3v) is 3.77. The standard InChI is InChI=1S/C18H22N2O4/c1-20-10-4-5-14(18(20)22)12-19-17(21)9-7-13-6-8-15(23-2)16(11-13)24-3/h4-6,8,10-11H,7,9,12H2,1-3H3,(H,19,21). The Morgan fingerprint density at radius 2 is 1.92 bits per heavy atom. The van der Waals surface area contributed by atoms with E-state index in [0.717, 1.165) is 5.56 Å². The predicted octanol–water partition coefficient (Wildman–Crippen LogP) is 1.65. The minimum Gasteiger partial charge on any atom is -0.493 e. The van der Waals surface area contributed by atoms with E-state index in [2.05, 4.69) is 5.32 Å². The first-order valence-corrected chi connectivity index (χ1v) is 7.67. The van der Waals surface area contributed by atoms with Gasteiger partial charge in [0.2, 0.25) is 5.91 Å². The van der Waals surface area contributed by atoms with Crippen LogP contribution in [0.4, 0.5) is 0 Å². The average molecular weight is 330 g/mol. The minimum absolute atomic E-state index is 0.0994. The number of aryl methyl sites for hydroxylation is 2. The molecule has 24 heavy (non-hydrogen) atoms. The number of aromatic nitrogens is 1. The zero-order valence-electron chi connectivity index (χ0n) is 14.2. The van der Waals surface area contributed by atoms with E-state index in [9.17, 15) is 9.59 Å². The van der Waals surface area contributed by atoms with Crippen LogP contribution in [0.2, 0.25) is 0 Å². The summed E-state index contributed by atoms with van der Waals surface area (Å²) in [6.45, 7) is 0.234. The molecule has 0 unspecified atom stereocenters. The first-order chi connectivity index (χ1) is 11.5. The number of benzene rings is 1. The summed E-state index contributed by atoms with van der Waals surface area (Å²) in [7, 11) is 4.85. The second-order valence-corrected chi connectivity index (χ2v) is 5.42. The Hall–Kier alpha value is -2.76. The van der Waals surface area contributed by atoms with Crippen LogP contribution in [0.3, 0.4) is 0 Å². The molecule has 6 nitrogen and oxygen atoms in total. The van der Waals surface area contributed by atoms with Crippen molar-refractivity contribution >= 4 is 5.91 Å². The van der Waals surface area contributed by atoms with E-state index >= 15 is 0 Å². The van der Waals surface area contributed by atoms with E-state index in [1.54, 1.807) is 39.6 Å². The van der Waals surface area contributed by atoms with Crippen molar-refractivity contribution in [3.8, 4) is 11.5 Å². The average Bonchev–Trinajstić information content (AvgIpc) is 2.60. The molecule has 0 aliphatic carbocycles. The van der Waals surface area contributed by atoms with Gasteiger partial charge in [-0.05, 0) is 30.2 Å². The number of pyridine rings is 1. The molecule has 1 amide bonds. The van der Waals surface area contributed by atoms with Crippen LogP contribution >= 0.6 is 0 Å². The second-order valence-electron chi connectivity index (χ2n) is 5.42. The lowest BCUT2D eigenvalue weighted by atomic mass is 10.1. The van der Waals surface area contributed by atoms with Crippen LogP contribution in [0.5, 0.6) is 11.5 Å². The van der Waals surface area contributed by atoms with E-state index in [-0.39, 0.29) is 18.0 Å². The molecule has 128 valence electrons. The number of carbonyl (C=O) groups is 1. The summed E-state index contributed by atoms with van der Waals surface area (Å²) in [5.41, 5.74) is 1.45. The Kier molecular flexibility index (Phi) is 6.01. The summed E-state index contributed by atoms with van der Waals surface area (Å²) in [6.07, 6.45) is 2.60. The van der Waals surface area contributed by atoms with Gasteiger partial charge in [0, 0.05) is 31.8 Å². The lowest BCUT2D eigenvalue weighted by molar-refractivity contribution is -0.121. The lowest BCUT2D eigenvalue weighted by Gasteiger charge is -2.10. The Bertz CT molecular complexity index is 768. The lowest BCUT2D eigenvalue weighted by Crippen LogP contribution is -2.28. The monoisotopic (exact) mass is 330 g/mol. The van der Waals surface area contributed by atoms with Gasteiger partial charge in [-0.15, -0.1) is 0 Å². The number of nitrogens with zero attached hydrogens (tertiary/aromatic N) is 1. The van der Waals surface area contributed by atoms with Crippen LogP contribution in [0, 0.1) is 0 Å². The van der Waals surface area contributed by atoms with Crippen molar-refractivity contribution in [1.82, 2.24) is 9.88 Å². The number of rotatable bonds is 7. The van der Waals surface area contributed by atoms with Crippen LogP contribution in [0.15, 0.2) is 41.3 Å². The Balaban J connectivity index is 1.89. The second kappa shape index (κ2) is 8.19. The fourth-order valence-electron chi connectivity index (χ4n) is 2.36. The minimum atomic E-state index is -0.101. The molecule has 0 radical (unpaired) electrons. The number of methoxy groups -OCH3 is 2. The van der Waals surface area contributed by atoms with Gasteiger partial charge in [0.15, 0.2) is 11.5 Å². The van der Waals surface area contributed by atoms with Crippen LogP contribution < -0.4 is 20.3 Å². The fourth-order valence-corrected chi connectivity index (χ4v) is 2.36. The topological polar surface area (TPSA) is 69.6 Å². The molecule has 0 spiro atoms. The summed E-state index contributed by atoms with van der Waals surface area (Å²) >= 11 is 0. The van der Waals surface area contributed by atoms with Crippen LogP contribution in [0.25, 0.3) is 0 Å². The molecule has 2 rings (SSSR count). The van der Waals surface area contributed by atoms with E-state index < -0.39 is 0 Å². The third kappa shape index (κ3) is 4.38. The number of hydrogen-bond donors (Lipinski definition) is 1. The van der Waals surface area contributed by atoms with Gasteiger partial charge < -0.3 is 19.4 Å². The van der Waals surface area contributed by atoms with E-state index in [4.69, 9.17) is 9.47 Å². The van der Waals surface area contributed by atoms with Crippen molar-refractivity contribution in [2.75, 3.05) is 14.2 Å². The van der Waals surface area contributed by atoms with Crippen molar-refractivity contribution in [3.05, 3.63) is 58.0 Å². The molecule has 0 fully saturated rings. The zero-order chi connectivity index (χ0) is 17.5. The van der Waals surface area contributed by atoms with Gasteiger partial charge in [-0.1, -0.05) is 12.1 Å². The molecule has 2 aromatic rings. The van der Waals surface area contributed by atoms with Crippen molar-refractivity contribution in [2.24, 2.45) is 7.05 Å². The summed E-state index contributed by atoms with van der Waals surface area (Å²) < 4.78 is 11.9. The van der Waals surface area contributed by atoms with Gasteiger partial charge in [-0.3, -0.25) is 9.59 Å². The van der Waals surface area contributed by atoms with Crippen LogP contribution in [-0.2, 0) is 24.8 Å². The molecule has 6 heteroatoms. The molecule has 1 aromatic heterocycles. The van der Waals surface area contributed by atoms with E-state index in [1.807, 2.05) is 18.2 Å². The molecule has 0 saturated heterocycles. The van der Waals surface area contributed by atoms with Crippen molar-refractivity contribution < 1.29 is 14.3 Å². The highest BCUT2D eigenvalue weighted by Crippen LogP contribution is 2.27. The predicted molar refractivity (Wildman–Crippen MR) is 91.4 cm³/mol. The maximum absolute atomic E-state index is 12.0. The van der Waals surface area contributed by atoms with E-state index in [1.165, 1.54) is 4.57 Å². The summed E-state index contributed by atoms with van der Waals surface area (Å²) in [6, 6.07) is 9.09. The van der Waals surface area contributed by atoms with Crippen molar-refractivity contribution in [2.45, 2.75) is 19.4 Å². The molecular weight excluding hydrogens is 308 g/mol. The quantitative estimate of drug-likeness (QED) is 0.838. The van der Waals surface area contributed by atoms with Gasteiger partial charge in [0.05, 0.1) is 14.2 Å². The molecule has 0 atom stereocenters. The Morgan fingerprint density at radius 1 is 1.17 bits per heavy atom. The van der Waals surface area contributed by atoms with Gasteiger partial charge in [-0.2, -0.15) is 0 Å². The first-order valence-electron chi connectivity index (χ1n) is 7.67. The number of amides is 1. The SMILES string of the molecule is COc1ccc(CCC(=O)NCc2cccn(C)c2=O)cc1OC. The number of ether oxygens (including phenoxy) is 2. The largest absolute Gasteiger partial charge is 0.493 e. The smallest absolute Gasteiger partial charge is 0.255 e. The molecule has 0 aliphatic rings. The summed E-state index contributed by atoms with van der Waals surface area (Å²) in [5.74, 6) is 1.20. The normalized spacial score (nSPS) is 10.3. The molecular formula is C18H22N2O4. The summed E-state index contributed by atoms with van der Waals surface area (Å²) in [4.78, 5) is 23.9. The van der Waals surface area contributed by atoms with Gasteiger partial charge in [-0.25, -0.2) is 0 Å². The van der Waals surface area contributed by atoms with Gasteiger partial charge in [0.1, 0.15) is 0 Å². The number of carbonyl (C=O) groups excluding carboxylic acids is 1. The van der Waals surface area contributed by atoms with Crippen molar-refractivity contribution in [3.63, 3.8) is 0 Å². The maximum atomic E-state index is 12.0. The fraction of sp³-hybridized carbons (Fsp3) is 0.333. The first kappa shape index (κ1) is 17.6. The molecule has 1 N–H and O–H groups in total.